The standard InChI is InChI=1S/C19H17FN2O3/c20-15-7-5-12(6-8-15)17(23)11-21-18(24)10-14-9-13-3-1-2-4-16(13)22-19(14)25/h1-9,17,23H,10-11H2,(H,21,24)(H,22,25). The molecule has 128 valence electrons. The van der Waals surface area contributed by atoms with Crippen molar-refractivity contribution >= 4 is 16.8 Å². The van der Waals surface area contributed by atoms with Crippen molar-refractivity contribution in [2.75, 3.05) is 6.54 Å². The van der Waals surface area contributed by atoms with E-state index in [1.807, 2.05) is 18.2 Å². The highest BCUT2D eigenvalue weighted by Gasteiger charge is 2.12. The van der Waals surface area contributed by atoms with Crippen LogP contribution in [-0.4, -0.2) is 22.5 Å². The van der Waals surface area contributed by atoms with Gasteiger partial charge in [-0.3, -0.25) is 9.59 Å². The van der Waals surface area contributed by atoms with Crippen LogP contribution in [0.1, 0.15) is 17.2 Å². The number of aliphatic hydroxyl groups excluding tert-OH is 1. The number of benzene rings is 2. The Hall–Kier alpha value is -2.99. The maximum atomic E-state index is 12.9. The third-order valence-electron chi connectivity index (χ3n) is 3.93. The molecule has 1 unspecified atom stereocenters. The van der Waals surface area contributed by atoms with Gasteiger partial charge in [0.1, 0.15) is 5.82 Å². The van der Waals surface area contributed by atoms with Crippen LogP contribution in [0.3, 0.4) is 0 Å². The Bertz CT molecular complexity index is 951. The van der Waals surface area contributed by atoms with E-state index in [0.717, 1.165) is 5.39 Å². The van der Waals surface area contributed by atoms with Gasteiger partial charge in [-0.15, -0.1) is 0 Å². The summed E-state index contributed by atoms with van der Waals surface area (Å²) >= 11 is 0. The average Bonchev–Trinajstić information content (AvgIpc) is 2.61. The number of rotatable bonds is 5. The maximum absolute atomic E-state index is 12.9. The Balaban J connectivity index is 1.63. The molecule has 0 fully saturated rings. The van der Waals surface area contributed by atoms with Gasteiger partial charge in [0.05, 0.1) is 12.5 Å². The molecule has 3 N–H and O–H groups in total. The van der Waals surface area contributed by atoms with Gasteiger partial charge in [0.25, 0.3) is 5.56 Å². The van der Waals surface area contributed by atoms with Crippen molar-refractivity contribution in [3.05, 3.63) is 81.9 Å². The maximum Gasteiger partial charge on any atom is 0.252 e. The number of amides is 1. The van der Waals surface area contributed by atoms with Gasteiger partial charge in [-0.25, -0.2) is 4.39 Å². The summed E-state index contributed by atoms with van der Waals surface area (Å²) < 4.78 is 12.9. The lowest BCUT2D eigenvalue weighted by Gasteiger charge is -2.12. The monoisotopic (exact) mass is 340 g/mol. The van der Waals surface area contributed by atoms with Crippen molar-refractivity contribution in [1.29, 1.82) is 0 Å². The Kier molecular flexibility index (Phi) is 4.90. The number of hydrogen-bond donors (Lipinski definition) is 3. The highest BCUT2D eigenvalue weighted by atomic mass is 19.1. The van der Waals surface area contributed by atoms with Crippen LogP contribution in [0.2, 0.25) is 0 Å². The fraction of sp³-hybridized carbons (Fsp3) is 0.158. The van der Waals surface area contributed by atoms with Gasteiger partial charge in [-0.1, -0.05) is 30.3 Å². The first-order valence-electron chi connectivity index (χ1n) is 7.84. The number of carbonyl (C=O) groups is 1. The molecule has 0 saturated heterocycles. The Morgan fingerprint density at radius 1 is 1.16 bits per heavy atom. The number of halogens is 1. The molecule has 1 aromatic heterocycles. The van der Waals surface area contributed by atoms with E-state index in [9.17, 15) is 19.1 Å². The van der Waals surface area contributed by atoms with Crippen LogP contribution in [0.25, 0.3) is 10.9 Å². The molecular formula is C19H17FN2O3. The molecule has 0 spiro atoms. The minimum atomic E-state index is -0.945. The molecule has 1 amide bonds. The van der Waals surface area contributed by atoms with Gasteiger partial charge >= 0.3 is 0 Å². The van der Waals surface area contributed by atoms with Crippen LogP contribution in [0.4, 0.5) is 4.39 Å². The first kappa shape index (κ1) is 16.9. The number of pyridine rings is 1. The van der Waals surface area contributed by atoms with Gasteiger partial charge in [0, 0.05) is 17.6 Å². The summed E-state index contributed by atoms with van der Waals surface area (Å²) in [6, 6.07) is 14.4. The molecular weight excluding hydrogens is 323 g/mol. The number of fused-ring (bicyclic) bond motifs is 1. The minimum Gasteiger partial charge on any atom is -0.387 e. The molecule has 0 saturated carbocycles. The molecule has 1 atom stereocenters. The lowest BCUT2D eigenvalue weighted by Crippen LogP contribution is -2.31. The molecule has 0 aliphatic rings. The Morgan fingerprint density at radius 3 is 2.64 bits per heavy atom. The quantitative estimate of drug-likeness (QED) is 0.665. The Morgan fingerprint density at radius 2 is 1.88 bits per heavy atom. The SMILES string of the molecule is O=C(Cc1cc2ccccc2[nH]c1=O)NCC(O)c1ccc(F)cc1. The van der Waals surface area contributed by atoms with Crippen molar-refractivity contribution < 1.29 is 14.3 Å². The number of carbonyl (C=O) groups excluding carboxylic acids is 1. The van der Waals surface area contributed by atoms with E-state index < -0.39 is 11.9 Å². The zero-order valence-corrected chi connectivity index (χ0v) is 13.3. The van der Waals surface area contributed by atoms with E-state index in [2.05, 4.69) is 10.3 Å². The number of aromatic nitrogens is 1. The summed E-state index contributed by atoms with van der Waals surface area (Å²) in [6.45, 7) is -0.0179. The summed E-state index contributed by atoms with van der Waals surface area (Å²) in [7, 11) is 0. The van der Waals surface area contributed by atoms with Gasteiger partial charge in [-0.05, 0) is 35.2 Å². The van der Waals surface area contributed by atoms with Crippen molar-refractivity contribution in [2.45, 2.75) is 12.5 Å². The van der Waals surface area contributed by atoms with E-state index in [4.69, 9.17) is 0 Å². The van der Waals surface area contributed by atoms with Gasteiger partial charge in [-0.2, -0.15) is 0 Å². The first-order chi connectivity index (χ1) is 12.0. The van der Waals surface area contributed by atoms with Crippen molar-refractivity contribution in [3.8, 4) is 0 Å². The molecule has 0 aliphatic carbocycles. The molecule has 0 radical (unpaired) electrons. The van der Waals surface area contributed by atoms with Crippen LogP contribution in [0.15, 0.2) is 59.4 Å². The molecule has 0 bridgehead atoms. The summed E-state index contributed by atoms with van der Waals surface area (Å²) in [5, 5.41) is 13.4. The topological polar surface area (TPSA) is 82.2 Å². The van der Waals surface area contributed by atoms with Gasteiger partial charge in [0.2, 0.25) is 5.91 Å². The van der Waals surface area contributed by atoms with E-state index in [1.54, 1.807) is 12.1 Å². The minimum absolute atomic E-state index is 0.0179. The van der Waals surface area contributed by atoms with Gasteiger partial charge < -0.3 is 15.4 Å². The third-order valence-corrected chi connectivity index (χ3v) is 3.93. The largest absolute Gasteiger partial charge is 0.387 e. The summed E-state index contributed by atoms with van der Waals surface area (Å²) in [4.78, 5) is 26.8. The third kappa shape index (κ3) is 4.10. The van der Waals surface area contributed by atoms with E-state index >= 15 is 0 Å². The second-order valence-electron chi connectivity index (χ2n) is 5.76. The lowest BCUT2D eigenvalue weighted by molar-refractivity contribution is -0.120. The summed E-state index contributed by atoms with van der Waals surface area (Å²) in [6.07, 6.45) is -1.03. The van der Waals surface area contributed by atoms with Crippen LogP contribution >= 0.6 is 0 Å². The predicted octanol–water partition coefficient (Wildman–Crippen LogP) is 2.06. The molecule has 3 rings (SSSR count). The smallest absolute Gasteiger partial charge is 0.252 e. The van der Waals surface area contributed by atoms with Crippen molar-refractivity contribution in [2.24, 2.45) is 0 Å². The van der Waals surface area contributed by atoms with Crippen LogP contribution in [-0.2, 0) is 11.2 Å². The lowest BCUT2D eigenvalue weighted by atomic mass is 10.1. The number of hydrogen-bond acceptors (Lipinski definition) is 3. The number of para-hydroxylation sites is 1. The average molecular weight is 340 g/mol. The normalized spacial score (nSPS) is 12.1. The zero-order chi connectivity index (χ0) is 17.8. The first-order valence-corrected chi connectivity index (χ1v) is 7.84. The molecule has 3 aromatic rings. The summed E-state index contributed by atoms with van der Waals surface area (Å²) in [5.74, 6) is -0.766. The van der Waals surface area contributed by atoms with Crippen LogP contribution < -0.4 is 10.9 Å². The number of nitrogens with one attached hydrogen (secondary N) is 2. The fourth-order valence-electron chi connectivity index (χ4n) is 2.57. The van der Waals surface area contributed by atoms with Crippen molar-refractivity contribution in [1.82, 2.24) is 10.3 Å². The summed E-state index contributed by atoms with van der Waals surface area (Å²) in [5.41, 5.74) is 1.26. The molecule has 25 heavy (non-hydrogen) atoms. The molecule has 6 heteroatoms. The molecule has 1 heterocycles. The zero-order valence-electron chi connectivity index (χ0n) is 13.3. The Labute approximate surface area is 143 Å². The fourth-order valence-corrected chi connectivity index (χ4v) is 2.57. The molecule has 0 aliphatic heterocycles. The molecule has 5 nitrogen and oxygen atoms in total. The van der Waals surface area contributed by atoms with E-state index in [1.165, 1.54) is 24.3 Å². The van der Waals surface area contributed by atoms with Crippen LogP contribution in [0.5, 0.6) is 0 Å². The van der Waals surface area contributed by atoms with E-state index in [0.29, 0.717) is 16.6 Å². The highest BCUT2D eigenvalue weighted by molar-refractivity contribution is 5.82. The number of aliphatic hydroxyl groups is 1. The van der Waals surface area contributed by atoms with Gasteiger partial charge in [0.15, 0.2) is 0 Å². The molecule has 2 aromatic carbocycles. The predicted molar refractivity (Wildman–Crippen MR) is 92.6 cm³/mol. The number of aromatic amines is 1. The second kappa shape index (κ2) is 7.27. The van der Waals surface area contributed by atoms with Crippen molar-refractivity contribution in [3.63, 3.8) is 0 Å². The second-order valence-corrected chi connectivity index (χ2v) is 5.76. The highest BCUT2D eigenvalue weighted by Crippen LogP contribution is 2.13. The number of H-pyrrole nitrogens is 1. The van der Waals surface area contributed by atoms with E-state index in [-0.39, 0.29) is 24.4 Å². The van der Waals surface area contributed by atoms with Crippen LogP contribution in [0, 0.1) is 5.82 Å².